The van der Waals surface area contributed by atoms with Crippen LogP contribution < -0.4 is 0 Å². The van der Waals surface area contributed by atoms with E-state index in [-0.39, 0.29) is 0 Å². The molecule has 0 N–H and O–H groups in total. The van der Waals surface area contributed by atoms with E-state index in [1.807, 2.05) is 48.9 Å². The molecule has 7 rings (SSSR count). The maximum atomic E-state index is 4.74. The van der Waals surface area contributed by atoms with Gasteiger partial charge in [-0.25, -0.2) is 0 Å². The summed E-state index contributed by atoms with van der Waals surface area (Å²) in [6.45, 7) is 4.32. The first kappa shape index (κ1) is 23.9. The van der Waals surface area contributed by atoms with Gasteiger partial charge in [-0.15, -0.1) is 0 Å². The van der Waals surface area contributed by atoms with Crippen molar-refractivity contribution in [1.82, 2.24) is 15.0 Å². The van der Waals surface area contributed by atoms with Crippen LogP contribution in [0.3, 0.4) is 0 Å². The predicted molar refractivity (Wildman–Crippen MR) is 166 cm³/mol. The summed E-state index contributed by atoms with van der Waals surface area (Å²) >= 11 is 0. The van der Waals surface area contributed by atoms with Crippen molar-refractivity contribution in [1.29, 1.82) is 0 Å². The minimum absolute atomic E-state index is 0.948. The van der Waals surface area contributed by atoms with Gasteiger partial charge in [0.2, 0.25) is 0 Å². The quantitative estimate of drug-likeness (QED) is 0.220. The molecule has 0 aliphatic carbocycles. The van der Waals surface area contributed by atoms with Crippen molar-refractivity contribution in [2.24, 2.45) is 0 Å². The number of benzene rings is 4. The SMILES string of the molecule is Cc1ccc2c(c1)c(-c1cc(-c3ccccn3)cc(-c3cc(-c4ccccn4)ccc3C)c1)cc1ncccc12. The fourth-order valence-electron chi connectivity index (χ4n) is 5.58. The van der Waals surface area contributed by atoms with E-state index >= 15 is 0 Å². The van der Waals surface area contributed by atoms with Crippen molar-refractivity contribution in [2.45, 2.75) is 13.8 Å². The number of hydrogen-bond donors (Lipinski definition) is 0. The van der Waals surface area contributed by atoms with E-state index < -0.39 is 0 Å². The van der Waals surface area contributed by atoms with Crippen molar-refractivity contribution in [3.63, 3.8) is 0 Å². The van der Waals surface area contributed by atoms with E-state index in [2.05, 4.69) is 97.7 Å². The van der Waals surface area contributed by atoms with Gasteiger partial charge < -0.3 is 0 Å². The molecule has 0 aliphatic heterocycles. The van der Waals surface area contributed by atoms with Gasteiger partial charge in [0.1, 0.15) is 0 Å². The molecule has 3 heteroatoms. The third-order valence-corrected chi connectivity index (χ3v) is 7.59. The van der Waals surface area contributed by atoms with Gasteiger partial charge in [0.25, 0.3) is 0 Å². The molecule has 0 spiro atoms. The monoisotopic (exact) mass is 513 g/mol. The Kier molecular flexibility index (Phi) is 5.90. The normalized spacial score (nSPS) is 11.2. The van der Waals surface area contributed by atoms with Crippen molar-refractivity contribution in [3.8, 4) is 44.8 Å². The molecule has 4 aromatic carbocycles. The minimum Gasteiger partial charge on any atom is -0.256 e. The lowest BCUT2D eigenvalue weighted by molar-refractivity contribution is 1.32. The first-order chi connectivity index (χ1) is 19.6. The summed E-state index contributed by atoms with van der Waals surface area (Å²) in [4.78, 5) is 14.0. The topological polar surface area (TPSA) is 38.7 Å². The standard InChI is InChI=1S/C37H27N3/c1-24-11-14-30-31-8-7-17-40-37(31)23-33(34(30)18-24)28-19-27(20-29(21-28)36-10-4-6-16-39-36)32-22-26(13-12-25(32)2)35-9-3-5-15-38-35/h3-23H,1-2H3. The highest BCUT2D eigenvalue weighted by molar-refractivity contribution is 6.13. The number of pyridine rings is 3. The highest BCUT2D eigenvalue weighted by Gasteiger charge is 2.15. The van der Waals surface area contributed by atoms with Crippen LogP contribution in [-0.4, -0.2) is 15.0 Å². The molecule has 0 radical (unpaired) electrons. The van der Waals surface area contributed by atoms with E-state index in [9.17, 15) is 0 Å². The van der Waals surface area contributed by atoms with Crippen LogP contribution in [0.1, 0.15) is 11.1 Å². The molecule has 190 valence electrons. The fourth-order valence-corrected chi connectivity index (χ4v) is 5.58. The second-order valence-electron chi connectivity index (χ2n) is 10.3. The number of fused-ring (bicyclic) bond motifs is 3. The van der Waals surface area contributed by atoms with Crippen LogP contribution in [0.5, 0.6) is 0 Å². The van der Waals surface area contributed by atoms with Crippen molar-refractivity contribution >= 4 is 21.7 Å². The largest absolute Gasteiger partial charge is 0.256 e. The molecule has 0 saturated carbocycles. The smallest absolute Gasteiger partial charge is 0.0714 e. The Morgan fingerprint density at radius 2 is 1.12 bits per heavy atom. The molecule has 0 atom stereocenters. The van der Waals surface area contributed by atoms with Crippen LogP contribution in [0, 0.1) is 13.8 Å². The summed E-state index contributed by atoms with van der Waals surface area (Å²) in [7, 11) is 0. The number of aryl methyl sites for hydroxylation is 2. The number of hydrogen-bond acceptors (Lipinski definition) is 3. The Morgan fingerprint density at radius 1 is 0.425 bits per heavy atom. The summed E-state index contributed by atoms with van der Waals surface area (Å²) in [5.41, 5.74) is 12.2. The minimum atomic E-state index is 0.948. The zero-order valence-electron chi connectivity index (χ0n) is 22.5. The molecule has 0 saturated heterocycles. The molecule has 0 amide bonds. The zero-order chi connectivity index (χ0) is 27.1. The maximum absolute atomic E-state index is 4.74. The summed E-state index contributed by atoms with van der Waals surface area (Å²) in [5, 5.41) is 3.61. The Hall–Kier alpha value is -5.15. The molecular formula is C37H27N3. The zero-order valence-corrected chi connectivity index (χ0v) is 22.5. The van der Waals surface area contributed by atoms with Crippen LogP contribution in [0.4, 0.5) is 0 Å². The third-order valence-electron chi connectivity index (χ3n) is 7.59. The highest BCUT2D eigenvalue weighted by atomic mass is 14.7. The lowest BCUT2D eigenvalue weighted by atomic mass is 9.89. The van der Waals surface area contributed by atoms with Gasteiger partial charge in [-0.1, -0.05) is 54.1 Å². The molecule has 0 fully saturated rings. The molecule has 3 heterocycles. The second kappa shape index (κ2) is 9.87. The van der Waals surface area contributed by atoms with Gasteiger partial charge >= 0.3 is 0 Å². The van der Waals surface area contributed by atoms with Crippen molar-refractivity contribution in [3.05, 3.63) is 139 Å². The molecule has 3 aromatic heterocycles. The Labute approximate surface area is 233 Å². The molecule has 0 bridgehead atoms. The molecular weight excluding hydrogens is 486 g/mol. The summed E-state index contributed by atoms with van der Waals surface area (Å²) in [6.07, 6.45) is 5.57. The molecule has 0 unspecified atom stereocenters. The van der Waals surface area contributed by atoms with E-state index in [0.29, 0.717) is 0 Å². The van der Waals surface area contributed by atoms with Gasteiger partial charge in [-0.2, -0.15) is 0 Å². The van der Waals surface area contributed by atoms with Gasteiger partial charge in [-0.05, 0) is 113 Å². The number of nitrogens with zero attached hydrogens (tertiary/aromatic N) is 3. The van der Waals surface area contributed by atoms with Crippen molar-refractivity contribution < 1.29 is 0 Å². The van der Waals surface area contributed by atoms with Gasteiger partial charge in [0.15, 0.2) is 0 Å². The predicted octanol–water partition coefficient (Wildman–Crippen LogP) is 9.46. The van der Waals surface area contributed by atoms with Crippen LogP contribution >= 0.6 is 0 Å². The molecule has 3 nitrogen and oxygen atoms in total. The average molecular weight is 514 g/mol. The van der Waals surface area contributed by atoms with Crippen LogP contribution in [0.15, 0.2) is 128 Å². The molecule has 7 aromatic rings. The van der Waals surface area contributed by atoms with Gasteiger partial charge in [0.05, 0.1) is 16.9 Å². The van der Waals surface area contributed by atoms with Crippen molar-refractivity contribution in [2.75, 3.05) is 0 Å². The average Bonchev–Trinajstić information content (AvgIpc) is 3.01. The third kappa shape index (κ3) is 4.32. The van der Waals surface area contributed by atoms with E-state index in [1.54, 1.807) is 0 Å². The summed E-state index contributed by atoms with van der Waals surface area (Å²) in [6, 6.07) is 38.6. The summed E-state index contributed by atoms with van der Waals surface area (Å²) in [5.74, 6) is 0. The van der Waals surface area contributed by atoms with E-state index in [1.165, 1.54) is 38.4 Å². The first-order valence-corrected chi connectivity index (χ1v) is 13.5. The number of aromatic nitrogens is 3. The molecule has 40 heavy (non-hydrogen) atoms. The lowest BCUT2D eigenvalue weighted by Gasteiger charge is -2.16. The Balaban J connectivity index is 1.52. The van der Waals surface area contributed by atoms with E-state index in [4.69, 9.17) is 9.97 Å². The van der Waals surface area contributed by atoms with Crippen LogP contribution in [-0.2, 0) is 0 Å². The second-order valence-corrected chi connectivity index (χ2v) is 10.3. The number of rotatable bonds is 4. The maximum Gasteiger partial charge on any atom is 0.0714 e. The van der Waals surface area contributed by atoms with Gasteiger partial charge in [-0.3, -0.25) is 15.0 Å². The lowest BCUT2D eigenvalue weighted by Crippen LogP contribution is -1.92. The van der Waals surface area contributed by atoms with Crippen LogP contribution in [0.25, 0.3) is 66.4 Å². The first-order valence-electron chi connectivity index (χ1n) is 13.5. The van der Waals surface area contributed by atoms with E-state index in [0.717, 1.165) is 39.2 Å². The summed E-state index contributed by atoms with van der Waals surface area (Å²) < 4.78 is 0. The van der Waals surface area contributed by atoms with Gasteiger partial charge in [0, 0.05) is 35.1 Å². The fraction of sp³-hybridized carbons (Fsp3) is 0.0541. The Bertz CT molecular complexity index is 2010. The van der Waals surface area contributed by atoms with Crippen LogP contribution in [0.2, 0.25) is 0 Å². The highest BCUT2D eigenvalue weighted by Crippen LogP contribution is 2.39. The Morgan fingerprint density at radius 3 is 1.88 bits per heavy atom. The molecule has 0 aliphatic rings.